The van der Waals surface area contributed by atoms with Crippen LogP contribution in [0, 0.1) is 0 Å². The Morgan fingerprint density at radius 3 is 2.31 bits per heavy atom. The van der Waals surface area contributed by atoms with Crippen molar-refractivity contribution in [3.05, 3.63) is 47.2 Å². The molecule has 29 heavy (non-hydrogen) atoms. The summed E-state index contributed by atoms with van der Waals surface area (Å²) in [6.07, 6.45) is 3.36. The van der Waals surface area contributed by atoms with Crippen LogP contribution in [0.3, 0.4) is 0 Å². The average molecular weight is 438 g/mol. The van der Waals surface area contributed by atoms with Crippen molar-refractivity contribution in [2.24, 2.45) is 0 Å². The van der Waals surface area contributed by atoms with Crippen molar-refractivity contribution >= 4 is 33.5 Å². The monoisotopic (exact) mass is 437 g/mol. The van der Waals surface area contributed by atoms with Crippen molar-refractivity contribution in [2.45, 2.75) is 31.2 Å². The smallest absolute Gasteiger partial charge is 0.254 e. The highest BCUT2D eigenvalue weighted by Crippen LogP contribution is 2.25. The van der Waals surface area contributed by atoms with Gasteiger partial charge in [0.2, 0.25) is 16.0 Å². The maximum atomic E-state index is 12.9. The topological polar surface area (TPSA) is 95.5 Å². The van der Waals surface area contributed by atoms with Gasteiger partial charge in [0.05, 0.1) is 5.02 Å². The van der Waals surface area contributed by atoms with Crippen LogP contribution in [-0.2, 0) is 10.0 Å². The molecule has 1 N–H and O–H groups in total. The molecule has 1 aromatic heterocycles. The van der Waals surface area contributed by atoms with E-state index in [0.717, 1.165) is 0 Å². The normalized spacial score (nSPS) is 15.4. The van der Waals surface area contributed by atoms with Crippen LogP contribution in [-0.4, -0.2) is 60.9 Å². The standard InChI is InChI=1S/C19H24ClN5O3S/c1-19(2,3)23-29(27,28)16-13-14(5-6-15(16)20)17(26)24-9-11-25(12-10-24)18-21-7-4-8-22-18/h4-8,13,23H,9-12H2,1-3H3. The van der Waals surface area contributed by atoms with Crippen LogP contribution in [0.4, 0.5) is 5.95 Å². The molecule has 10 heteroatoms. The van der Waals surface area contributed by atoms with E-state index in [0.29, 0.717) is 32.1 Å². The van der Waals surface area contributed by atoms with E-state index in [9.17, 15) is 13.2 Å². The summed E-state index contributed by atoms with van der Waals surface area (Å²) in [6.45, 7) is 7.39. The summed E-state index contributed by atoms with van der Waals surface area (Å²) in [5, 5.41) is 0.0735. The predicted molar refractivity (Wildman–Crippen MR) is 112 cm³/mol. The third-order valence-corrected chi connectivity index (χ3v) is 6.55. The zero-order valence-electron chi connectivity index (χ0n) is 16.6. The first-order valence-corrected chi connectivity index (χ1v) is 11.1. The molecule has 1 aliphatic heterocycles. The van der Waals surface area contributed by atoms with E-state index in [4.69, 9.17) is 11.6 Å². The van der Waals surface area contributed by atoms with Crippen LogP contribution >= 0.6 is 11.6 Å². The van der Waals surface area contributed by atoms with Gasteiger partial charge < -0.3 is 9.80 Å². The molecule has 0 saturated carbocycles. The molecule has 0 atom stereocenters. The van der Waals surface area contributed by atoms with Crippen LogP contribution in [0.1, 0.15) is 31.1 Å². The second-order valence-corrected chi connectivity index (χ2v) is 9.89. The Bertz CT molecular complexity index is 985. The molecule has 0 aliphatic carbocycles. The first-order chi connectivity index (χ1) is 13.6. The van der Waals surface area contributed by atoms with Gasteiger partial charge in [-0.15, -0.1) is 0 Å². The number of halogens is 1. The van der Waals surface area contributed by atoms with Crippen molar-refractivity contribution in [1.29, 1.82) is 0 Å². The molecule has 156 valence electrons. The molecular formula is C19H24ClN5O3S. The lowest BCUT2D eigenvalue weighted by Crippen LogP contribution is -2.49. The summed E-state index contributed by atoms with van der Waals surface area (Å²) >= 11 is 6.12. The van der Waals surface area contributed by atoms with Gasteiger partial charge >= 0.3 is 0 Å². The first kappa shape index (κ1) is 21.5. The fourth-order valence-electron chi connectivity index (χ4n) is 3.05. The number of carbonyl (C=O) groups is 1. The molecule has 0 spiro atoms. The largest absolute Gasteiger partial charge is 0.337 e. The molecule has 8 nitrogen and oxygen atoms in total. The van der Waals surface area contributed by atoms with Crippen molar-refractivity contribution in [1.82, 2.24) is 19.6 Å². The minimum Gasteiger partial charge on any atom is -0.337 e. The van der Waals surface area contributed by atoms with E-state index in [1.807, 2.05) is 4.90 Å². The highest BCUT2D eigenvalue weighted by Gasteiger charge is 2.27. The van der Waals surface area contributed by atoms with Crippen molar-refractivity contribution in [3.8, 4) is 0 Å². The number of hydrogen-bond donors (Lipinski definition) is 1. The molecule has 0 bridgehead atoms. The van der Waals surface area contributed by atoms with Gasteiger partial charge in [-0.05, 0) is 45.0 Å². The van der Waals surface area contributed by atoms with Gasteiger partial charge in [-0.25, -0.2) is 23.1 Å². The number of carbonyl (C=O) groups excluding carboxylic acids is 1. The minimum absolute atomic E-state index is 0.0735. The zero-order valence-corrected chi connectivity index (χ0v) is 18.2. The summed E-state index contributed by atoms with van der Waals surface area (Å²) < 4.78 is 27.9. The van der Waals surface area contributed by atoms with Crippen LogP contribution < -0.4 is 9.62 Å². The second kappa shape index (κ2) is 8.25. The summed E-state index contributed by atoms with van der Waals surface area (Å²) in [4.78, 5) is 25.0. The Hall–Kier alpha value is -2.23. The average Bonchev–Trinajstić information content (AvgIpc) is 2.67. The molecular weight excluding hydrogens is 414 g/mol. The molecule has 0 radical (unpaired) electrons. The number of rotatable bonds is 4. The Morgan fingerprint density at radius 1 is 1.10 bits per heavy atom. The van der Waals surface area contributed by atoms with E-state index in [-0.39, 0.29) is 21.4 Å². The van der Waals surface area contributed by atoms with E-state index in [2.05, 4.69) is 14.7 Å². The number of nitrogens with one attached hydrogen (secondary N) is 1. The number of sulfonamides is 1. The Labute approximate surface area is 176 Å². The van der Waals surface area contributed by atoms with Gasteiger partial charge in [-0.2, -0.15) is 0 Å². The van der Waals surface area contributed by atoms with E-state index in [1.165, 1.54) is 12.1 Å². The molecule has 1 aliphatic rings. The maximum Gasteiger partial charge on any atom is 0.254 e. The van der Waals surface area contributed by atoms with Crippen LogP contribution in [0.5, 0.6) is 0 Å². The fraction of sp³-hybridized carbons (Fsp3) is 0.421. The zero-order chi connectivity index (χ0) is 21.2. The van der Waals surface area contributed by atoms with E-state index >= 15 is 0 Å². The lowest BCUT2D eigenvalue weighted by atomic mass is 10.1. The van der Waals surface area contributed by atoms with Gasteiger partial charge in [0.1, 0.15) is 4.90 Å². The summed E-state index contributed by atoms with van der Waals surface area (Å²) in [6, 6.07) is 6.09. The summed E-state index contributed by atoms with van der Waals surface area (Å²) in [7, 11) is -3.86. The quantitative estimate of drug-likeness (QED) is 0.787. The van der Waals surface area contributed by atoms with Crippen molar-refractivity contribution in [2.75, 3.05) is 31.1 Å². The number of benzene rings is 1. The number of piperazine rings is 1. The van der Waals surface area contributed by atoms with Crippen molar-refractivity contribution < 1.29 is 13.2 Å². The van der Waals surface area contributed by atoms with Gasteiger partial charge in [0, 0.05) is 49.7 Å². The molecule has 3 rings (SSSR count). The lowest BCUT2D eigenvalue weighted by Gasteiger charge is -2.34. The number of amides is 1. The number of nitrogens with zero attached hydrogens (tertiary/aromatic N) is 4. The molecule has 1 aromatic carbocycles. The fourth-order valence-corrected chi connectivity index (χ4v) is 4.99. The molecule has 1 saturated heterocycles. The van der Waals surface area contributed by atoms with Gasteiger partial charge in [-0.1, -0.05) is 11.6 Å². The Morgan fingerprint density at radius 2 is 1.72 bits per heavy atom. The predicted octanol–water partition coefficient (Wildman–Crippen LogP) is 2.17. The lowest BCUT2D eigenvalue weighted by molar-refractivity contribution is 0.0746. The molecule has 0 unspecified atom stereocenters. The Balaban J connectivity index is 1.75. The third-order valence-electron chi connectivity index (χ3n) is 4.31. The number of aromatic nitrogens is 2. The van der Waals surface area contributed by atoms with E-state index < -0.39 is 15.6 Å². The second-order valence-electron chi connectivity index (χ2n) is 7.83. The maximum absolute atomic E-state index is 12.9. The number of hydrogen-bond acceptors (Lipinski definition) is 6. The van der Waals surface area contributed by atoms with Crippen LogP contribution in [0.15, 0.2) is 41.6 Å². The van der Waals surface area contributed by atoms with Crippen LogP contribution in [0.2, 0.25) is 5.02 Å². The molecule has 2 heterocycles. The number of anilines is 1. The summed E-state index contributed by atoms with van der Waals surface area (Å²) in [5.74, 6) is 0.398. The van der Waals surface area contributed by atoms with Crippen LogP contribution in [0.25, 0.3) is 0 Å². The third kappa shape index (κ3) is 5.23. The highest BCUT2D eigenvalue weighted by atomic mass is 35.5. The molecule has 2 aromatic rings. The Kier molecular flexibility index (Phi) is 6.11. The SMILES string of the molecule is CC(C)(C)NS(=O)(=O)c1cc(C(=O)N2CCN(c3ncccn3)CC2)ccc1Cl. The highest BCUT2D eigenvalue weighted by molar-refractivity contribution is 7.89. The van der Waals surface area contributed by atoms with Gasteiger partial charge in [0.25, 0.3) is 5.91 Å². The van der Waals surface area contributed by atoms with E-state index in [1.54, 1.807) is 50.2 Å². The van der Waals surface area contributed by atoms with Gasteiger partial charge in [-0.3, -0.25) is 4.79 Å². The van der Waals surface area contributed by atoms with Gasteiger partial charge in [0.15, 0.2) is 0 Å². The molecule has 1 amide bonds. The molecule has 1 fully saturated rings. The summed E-state index contributed by atoms with van der Waals surface area (Å²) in [5.41, 5.74) is -0.383. The minimum atomic E-state index is -3.86. The first-order valence-electron chi connectivity index (χ1n) is 9.22. The van der Waals surface area contributed by atoms with Crippen molar-refractivity contribution in [3.63, 3.8) is 0 Å².